The van der Waals surface area contributed by atoms with Gasteiger partial charge in [0, 0.05) is 25.7 Å². The molecule has 0 spiro atoms. The maximum atomic E-state index is 13.4. The molecule has 1 fully saturated rings. The first-order chi connectivity index (χ1) is 15.0. The molecule has 0 unspecified atom stereocenters. The molecule has 4 aromatic rings. The van der Waals surface area contributed by atoms with E-state index in [0.717, 1.165) is 44.4 Å². The first-order valence-electron chi connectivity index (χ1n) is 10.5. The second kappa shape index (κ2) is 7.81. The number of piperidine rings is 1. The van der Waals surface area contributed by atoms with Crippen molar-refractivity contribution in [2.45, 2.75) is 31.8 Å². The lowest BCUT2D eigenvalue weighted by atomic mass is 10.0. The SMILES string of the molecule is O=c1[nH]c2cc(F)ccc2n1CCCN1CCC(n2c(=O)[nH]c3cc(F)ccc32)CC1. The van der Waals surface area contributed by atoms with Crippen molar-refractivity contribution < 1.29 is 8.78 Å². The molecular weight excluding hydrogens is 404 g/mol. The van der Waals surface area contributed by atoms with Crippen molar-refractivity contribution >= 4 is 22.1 Å². The summed E-state index contributed by atoms with van der Waals surface area (Å²) in [4.78, 5) is 32.4. The Kier molecular flexibility index (Phi) is 4.97. The second-order valence-electron chi connectivity index (χ2n) is 8.13. The number of rotatable bonds is 5. The van der Waals surface area contributed by atoms with E-state index in [4.69, 9.17) is 0 Å². The molecule has 7 nitrogen and oxygen atoms in total. The van der Waals surface area contributed by atoms with E-state index in [1.54, 1.807) is 21.3 Å². The van der Waals surface area contributed by atoms with Gasteiger partial charge in [-0.3, -0.25) is 9.13 Å². The molecule has 2 aromatic carbocycles. The highest BCUT2D eigenvalue weighted by Crippen LogP contribution is 2.25. The van der Waals surface area contributed by atoms with Gasteiger partial charge < -0.3 is 14.9 Å². The van der Waals surface area contributed by atoms with E-state index in [2.05, 4.69) is 14.9 Å². The molecule has 0 bridgehead atoms. The van der Waals surface area contributed by atoms with E-state index in [1.807, 2.05) is 0 Å². The maximum Gasteiger partial charge on any atom is 0.326 e. The number of hydrogen-bond donors (Lipinski definition) is 2. The van der Waals surface area contributed by atoms with Crippen LogP contribution in [0, 0.1) is 11.6 Å². The second-order valence-corrected chi connectivity index (χ2v) is 8.13. The van der Waals surface area contributed by atoms with Crippen LogP contribution in [0.3, 0.4) is 0 Å². The average molecular weight is 427 g/mol. The van der Waals surface area contributed by atoms with Crippen molar-refractivity contribution in [2.75, 3.05) is 19.6 Å². The van der Waals surface area contributed by atoms with Crippen molar-refractivity contribution in [3.63, 3.8) is 0 Å². The predicted molar refractivity (Wildman–Crippen MR) is 114 cm³/mol. The molecule has 9 heteroatoms. The summed E-state index contributed by atoms with van der Waals surface area (Å²) in [6.45, 7) is 3.08. The Morgan fingerprint density at radius 3 is 2.16 bits per heavy atom. The van der Waals surface area contributed by atoms with Gasteiger partial charge in [-0.05, 0) is 62.2 Å². The quantitative estimate of drug-likeness (QED) is 0.514. The van der Waals surface area contributed by atoms with Crippen molar-refractivity contribution in [3.8, 4) is 0 Å². The summed E-state index contributed by atoms with van der Waals surface area (Å²) in [6.07, 6.45) is 2.45. The smallest absolute Gasteiger partial charge is 0.305 e. The number of halogens is 2. The van der Waals surface area contributed by atoms with Crippen molar-refractivity contribution in [1.82, 2.24) is 24.0 Å². The number of aromatic amines is 2. The molecule has 1 saturated heterocycles. The normalized spacial score (nSPS) is 15.9. The number of benzene rings is 2. The summed E-state index contributed by atoms with van der Waals surface area (Å²) in [5.41, 5.74) is 2.05. The number of aryl methyl sites for hydroxylation is 1. The van der Waals surface area contributed by atoms with Gasteiger partial charge in [0.25, 0.3) is 0 Å². The maximum absolute atomic E-state index is 13.4. The van der Waals surface area contributed by atoms with Gasteiger partial charge in [-0.1, -0.05) is 0 Å². The fourth-order valence-corrected chi connectivity index (χ4v) is 4.68. The van der Waals surface area contributed by atoms with E-state index in [0.29, 0.717) is 23.1 Å². The van der Waals surface area contributed by atoms with Crippen LogP contribution in [0.2, 0.25) is 0 Å². The third kappa shape index (κ3) is 3.69. The fourth-order valence-electron chi connectivity index (χ4n) is 4.68. The number of likely N-dealkylation sites (tertiary alicyclic amines) is 1. The first kappa shape index (κ1) is 19.7. The van der Waals surface area contributed by atoms with Crippen molar-refractivity contribution in [3.05, 3.63) is 69.0 Å². The number of aromatic nitrogens is 4. The molecule has 1 aliphatic heterocycles. The molecule has 31 heavy (non-hydrogen) atoms. The van der Waals surface area contributed by atoms with Gasteiger partial charge in [-0.15, -0.1) is 0 Å². The lowest BCUT2D eigenvalue weighted by molar-refractivity contribution is 0.183. The van der Waals surface area contributed by atoms with E-state index >= 15 is 0 Å². The molecule has 5 rings (SSSR count). The van der Waals surface area contributed by atoms with Gasteiger partial charge in [0.05, 0.1) is 22.1 Å². The van der Waals surface area contributed by atoms with Gasteiger partial charge in [-0.25, -0.2) is 18.4 Å². The highest BCUT2D eigenvalue weighted by Gasteiger charge is 2.23. The largest absolute Gasteiger partial charge is 0.326 e. The van der Waals surface area contributed by atoms with Crippen LogP contribution < -0.4 is 11.4 Å². The summed E-state index contributed by atoms with van der Waals surface area (Å²) in [5, 5.41) is 0. The zero-order valence-corrected chi connectivity index (χ0v) is 16.9. The third-order valence-corrected chi connectivity index (χ3v) is 6.19. The number of imidazole rings is 2. The Labute approximate surface area is 175 Å². The van der Waals surface area contributed by atoms with E-state index in [9.17, 15) is 18.4 Å². The Hall–Kier alpha value is -3.20. The Morgan fingerprint density at radius 1 is 0.839 bits per heavy atom. The number of nitrogens with zero attached hydrogens (tertiary/aromatic N) is 3. The Balaban J connectivity index is 1.21. The van der Waals surface area contributed by atoms with Gasteiger partial charge in [0.2, 0.25) is 0 Å². The molecule has 162 valence electrons. The topological polar surface area (TPSA) is 78.8 Å². The number of hydrogen-bond acceptors (Lipinski definition) is 3. The summed E-state index contributed by atoms with van der Waals surface area (Å²) >= 11 is 0. The van der Waals surface area contributed by atoms with Crippen LogP contribution >= 0.6 is 0 Å². The lowest BCUT2D eigenvalue weighted by Crippen LogP contribution is -2.37. The molecule has 3 heterocycles. The molecule has 0 saturated carbocycles. The highest BCUT2D eigenvalue weighted by molar-refractivity contribution is 5.75. The zero-order valence-electron chi connectivity index (χ0n) is 16.9. The highest BCUT2D eigenvalue weighted by atomic mass is 19.1. The van der Waals surface area contributed by atoms with Gasteiger partial charge >= 0.3 is 11.4 Å². The van der Waals surface area contributed by atoms with Crippen LogP contribution in [0.1, 0.15) is 25.3 Å². The van der Waals surface area contributed by atoms with Crippen molar-refractivity contribution in [1.29, 1.82) is 0 Å². The van der Waals surface area contributed by atoms with Gasteiger partial charge in [-0.2, -0.15) is 0 Å². The number of nitrogens with one attached hydrogen (secondary N) is 2. The minimum absolute atomic E-state index is 0.0779. The number of H-pyrrole nitrogens is 2. The molecule has 1 aliphatic rings. The van der Waals surface area contributed by atoms with Crippen LogP contribution in [-0.2, 0) is 6.54 Å². The molecule has 0 aliphatic carbocycles. The van der Waals surface area contributed by atoms with Crippen LogP contribution in [0.25, 0.3) is 22.1 Å². The summed E-state index contributed by atoms with van der Waals surface area (Å²) in [5.74, 6) is -0.738. The average Bonchev–Trinajstić information content (AvgIpc) is 3.23. The minimum Gasteiger partial charge on any atom is -0.305 e. The lowest BCUT2D eigenvalue weighted by Gasteiger charge is -2.32. The summed E-state index contributed by atoms with van der Waals surface area (Å²) < 4.78 is 30.2. The number of fused-ring (bicyclic) bond motifs is 2. The van der Waals surface area contributed by atoms with Gasteiger partial charge in [0.1, 0.15) is 11.6 Å². The molecular formula is C22H23F2N5O2. The van der Waals surface area contributed by atoms with Crippen molar-refractivity contribution in [2.24, 2.45) is 0 Å². The standard InChI is InChI=1S/C22H23F2N5O2/c23-14-2-4-19-17(12-14)25-21(30)28(19)9-1-8-27-10-6-16(7-11-27)29-20-5-3-15(24)13-18(20)26-22(29)31/h2-5,12-13,16H,1,6-11H2,(H,25,30)(H,26,31). The zero-order chi connectivity index (χ0) is 21.5. The van der Waals surface area contributed by atoms with Crippen LogP contribution in [0.4, 0.5) is 8.78 Å². The Morgan fingerprint density at radius 2 is 1.45 bits per heavy atom. The van der Waals surface area contributed by atoms with E-state index in [-0.39, 0.29) is 29.1 Å². The Bertz CT molecular complexity index is 1360. The first-order valence-corrected chi connectivity index (χ1v) is 10.5. The van der Waals surface area contributed by atoms with Crippen LogP contribution in [0.5, 0.6) is 0 Å². The molecule has 2 N–H and O–H groups in total. The molecule has 0 radical (unpaired) electrons. The van der Waals surface area contributed by atoms with Crippen LogP contribution in [0.15, 0.2) is 46.0 Å². The third-order valence-electron chi connectivity index (χ3n) is 6.19. The minimum atomic E-state index is -0.372. The molecule has 0 amide bonds. The molecule has 0 atom stereocenters. The van der Waals surface area contributed by atoms with E-state index < -0.39 is 0 Å². The van der Waals surface area contributed by atoms with E-state index in [1.165, 1.54) is 24.3 Å². The monoisotopic (exact) mass is 427 g/mol. The fraction of sp³-hybridized carbons (Fsp3) is 0.364. The summed E-state index contributed by atoms with van der Waals surface area (Å²) in [7, 11) is 0. The van der Waals surface area contributed by atoms with Crippen LogP contribution in [-0.4, -0.2) is 43.6 Å². The van der Waals surface area contributed by atoms with Gasteiger partial charge in [0.15, 0.2) is 0 Å². The summed E-state index contributed by atoms with van der Waals surface area (Å²) in [6, 6.07) is 8.77. The predicted octanol–water partition coefficient (Wildman–Crippen LogP) is 2.98. The molecule has 2 aromatic heterocycles.